The van der Waals surface area contributed by atoms with Crippen molar-refractivity contribution in [1.29, 1.82) is 0 Å². The molecule has 0 amide bonds. The molecule has 1 saturated carbocycles. The summed E-state index contributed by atoms with van der Waals surface area (Å²) >= 11 is 0. The number of ether oxygens (including phenoxy) is 2. The van der Waals surface area contributed by atoms with Gasteiger partial charge >= 0.3 is 0 Å². The van der Waals surface area contributed by atoms with Gasteiger partial charge < -0.3 is 20.5 Å². The van der Waals surface area contributed by atoms with E-state index in [1.54, 1.807) is 0 Å². The summed E-state index contributed by atoms with van der Waals surface area (Å²) in [6.45, 7) is 2.04. The van der Waals surface area contributed by atoms with E-state index in [1.807, 2.05) is 18.2 Å². The number of hydrogen-bond acceptors (Lipinski definition) is 4. The zero-order chi connectivity index (χ0) is 11.7. The molecule has 1 aromatic carbocycles. The normalized spacial score (nSPS) is 19.8. The standard InChI is InChI=1S/C13H18N2O2/c14-7-13(4-1-5-13)8-15-10-2-3-11-12(6-10)17-9-16-11/h2-3,6,15H,1,4-5,7-9,14H2. The third kappa shape index (κ3) is 1.93. The highest BCUT2D eigenvalue weighted by Gasteiger charge is 2.35. The molecular formula is C13H18N2O2. The van der Waals surface area contributed by atoms with Gasteiger partial charge in [-0.2, -0.15) is 0 Å². The highest BCUT2D eigenvalue weighted by Crippen LogP contribution is 2.40. The highest BCUT2D eigenvalue weighted by molar-refractivity contribution is 5.55. The van der Waals surface area contributed by atoms with E-state index >= 15 is 0 Å². The fourth-order valence-electron chi connectivity index (χ4n) is 2.43. The van der Waals surface area contributed by atoms with Crippen molar-refractivity contribution in [3.63, 3.8) is 0 Å². The first-order valence-corrected chi connectivity index (χ1v) is 6.15. The Morgan fingerprint density at radius 1 is 1.24 bits per heavy atom. The van der Waals surface area contributed by atoms with E-state index in [9.17, 15) is 0 Å². The smallest absolute Gasteiger partial charge is 0.231 e. The van der Waals surface area contributed by atoms with Gasteiger partial charge in [0, 0.05) is 18.3 Å². The average molecular weight is 234 g/mol. The molecule has 1 aliphatic heterocycles. The van der Waals surface area contributed by atoms with Crippen molar-refractivity contribution in [2.45, 2.75) is 19.3 Å². The molecule has 4 heteroatoms. The summed E-state index contributed by atoms with van der Waals surface area (Å²) in [5.74, 6) is 1.65. The lowest BCUT2D eigenvalue weighted by Crippen LogP contribution is -2.42. The summed E-state index contributed by atoms with van der Waals surface area (Å²) in [4.78, 5) is 0. The van der Waals surface area contributed by atoms with E-state index in [2.05, 4.69) is 5.32 Å². The van der Waals surface area contributed by atoms with Crippen LogP contribution >= 0.6 is 0 Å². The molecule has 0 aromatic heterocycles. The van der Waals surface area contributed by atoms with Crippen LogP contribution in [0.5, 0.6) is 11.5 Å². The van der Waals surface area contributed by atoms with Crippen LogP contribution in [0.1, 0.15) is 19.3 Å². The van der Waals surface area contributed by atoms with Gasteiger partial charge in [-0.3, -0.25) is 0 Å². The summed E-state index contributed by atoms with van der Waals surface area (Å²) in [6.07, 6.45) is 3.78. The maximum absolute atomic E-state index is 5.84. The van der Waals surface area contributed by atoms with Crippen LogP contribution in [0.2, 0.25) is 0 Å². The van der Waals surface area contributed by atoms with Crippen LogP contribution in [0.25, 0.3) is 0 Å². The Morgan fingerprint density at radius 2 is 2.06 bits per heavy atom. The lowest BCUT2D eigenvalue weighted by Gasteiger charge is -2.41. The molecule has 0 unspecified atom stereocenters. The molecule has 3 N–H and O–H groups in total. The summed E-state index contributed by atoms with van der Waals surface area (Å²) in [5.41, 5.74) is 7.23. The average Bonchev–Trinajstić information content (AvgIpc) is 2.75. The molecule has 0 saturated heterocycles. The van der Waals surface area contributed by atoms with E-state index in [0.29, 0.717) is 12.2 Å². The lowest BCUT2D eigenvalue weighted by atomic mass is 9.69. The minimum Gasteiger partial charge on any atom is -0.454 e. The van der Waals surface area contributed by atoms with Gasteiger partial charge in [0.25, 0.3) is 0 Å². The molecule has 0 radical (unpaired) electrons. The van der Waals surface area contributed by atoms with Gasteiger partial charge in [-0.1, -0.05) is 6.42 Å². The van der Waals surface area contributed by atoms with Crippen molar-refractivity contribution in [3.05, 3.63) is 18.2 Å². The van der Waals surface area contributed by atoms with E-state index in [-0.39, 0.29) is 0 Å². The summed E-state index contributed by atoms with van der Waals surface area (Å²) in [7, 11) is 0. The van der Waals surface area contributed by atoms with E-state index < -0.39 is 0 Å². The number of nitrogens with one attached hydrogen (secondary N) is 1. The molecule has 92 valence electrons. The molecule has 1 aromatic rings. The molecule has 17 heavy (non-hydrogen) atoms. The molecule has 4 nitrogen and oxygen atoms in total. The zero-order valence-electron chi connectivity index (χ0n) is 9.87. The number of rotatable bonds is 4. The van der Waals surface area contributed by atoms with Crippen LogP contribution < -0.4 is 20.5 Å². The minimum absolute atomic E-state index is 0.316. The van der Waals surface area contributed by atoms with Crippen molar-refractivity contribution in [3.8, 4) is 11.5 Å². The third-order valence-corrected chi connectivity index (χ3v) is 3.89. The van der Waals surface area contributed by atoms with Gasteiger partial charge in [0.1, 0.15) is 0 Å². The number of benzene rings is 1. The van der Waals surface area contributed by atoms with Crippen LogP contribution in [0.4, 0.5) is 5.69 Å². The fourth-order valence-corrected chi connectivity index (χ4v) is 2.43. The predicted molar refractivity (Wildman–Crippen MR) is 66.4 cm³/mol. The second-order valence-corrected chi connectivity index (χ2v) is 4.98. The van der Waals surface area contributed by atoms with Crippen LogP contribution in [0.15, 0.2) is 18.2 Å². The Hall–Kier alpha value is -1.42. The first kappa shape index (κ1) is 10.7. The first-order valence-electron chi connectivity index (χ1n) is 6.15. The minimum atomic E-state index is 0.316. The molecule has 0 bridgehead atoms. The van der Waals surface area contributed by atoms with Gasteiger partial charge in [-0.15, -0.1) is 0 Å². The van der Waals surface area contributed by atoms with Crippen molar-refractivity contribution >= 4 is 5.69 Å². The van der Waals surface area contributed by atoms with Crippen LogP contribution in [-0.2, 0) is 0 Å². The predicted octanol–water partition coefficient (Wildman–Crippen LogP) is 1.96. The van der Waals surface area contributed by atoms with Crippen molar-refractivity contribution < 1.29 is 9.47 Å². The van der Waals surface area contributed by atoms with Gasteiger partial charge in [-0.25, -0.2) is 0 Å². The third-order valence-electron chi connectivity index (χ3n) is 3.89. The molecule has 0 spiro atoms. The van der Waals surface area contributed by atoms with Crippen molar-refractivity contribution in [2.24, 2.45) is 11.1 Å². The Morgan fingerprint density at radius 3 is 2.76 bits per heavy atom. The second kappa shape index (κ2) is 4.11. The number of hydrogen-bond donors (Lipinski definition) is 2. The first-order chi connectivity index (χ1) is 8.31. The molecule has 3 rings (SSSR count). The van der Waals surface area contributed by atoms with Crippen LogP contribution in [0, 0.1) is 5.41 Å². The Bertz CT molecular complexity index is 410. The highest BCUT2D eigenvalue weighted by atomic mass is 16.7. The Labute approximate surface area is 101 Å². The fraction of sp³-hybridized carbons (Fsp3) is 0.538. The van der Waals surface area contributed by atoms with Crippen molar-refractivity contribution in [2.75, 3.05) is 25.2 Å². The van der Waals surface area contributed by atoms with E-state index in [0.717, 1.165) is 30.3 Å². The Kier molecular flexibility index (Phi) is 2.59. The Balaban J connectivity index is 1.65. The van der Waals surface area contributed by atoms with E-state index in [1.165, 1.54) is 19.3 Å². The molecule has 2 aliphatic rings. The molecule has 1 aliphatic carbocycles. The van der Waals surface area contributed by atoms with Gasteiger partial charge in [0.2, 0.25) is 6.79 Å². The van der Waals surface area contributed by atoms with Crippen molar-refractivity contribution in [1.82, 2.24) is 0 Å². The maximum atomic E-state index is 5.84. The summed E-state index contributed by atoms with van der Waals surface area (Å²) in [6, 6.07) is 5.96. The van der Waals surface area contributed by atoms with Crippen LogP contribution in [-0.4, -0.2) is 19.9 Å². The van der Waals surface area contributed by atoms with Gasteiger partial charge in [0.15, 0.2) is 11.5 Å². The molecule has 1 heterocycles. The molecular weight excluding hydrogens is 216 g/mol. The van der Waals surface area contributed by atoms with E-state index in [4.69, 9.17) is 15.2 Å². The molecule has 0 atom stereocenters. The second-order valence-electron chi connectivity index (χ2n) is 4.98. The van der Waals surface area contributed by atoms with Gasteiger partial charge in [-0.05, 0) is 36.9 Å². The zero-order valence-corrected chi connectivity index (χ0v) is 9.87. The number of nitrogens with two attached hydrogens (primary N) is 1. The van der Waals surface area contributed by atoms with Crippen LogP contribution in [0.3, 0.4) is 0 Å². The summed E-state index contributed by atoms with van der Waals surface area (Å²) in [5, 5.41) is 3.45. The van der Waals surface area contributed by atoms with Gasteiger partial charge in [0.05, 0.1) is 0 Å². The quantitative estimate of drug-likeness (QED) is 0.836. The SMILES string of the molecule is NCC1(CNc2ccc3c(c2)OCO3)CCC1. The maximum Gasteiger partial charge on any atom is 0.231 e. The molecule has 1 fully saturated rings. The topological polar surface area (TPSA) is 56.5 Å². The summed E-state index contributed by atoms with van der Waals surface area (Å²) < 4.78 is 10.6. The largest absolute Gasteiger partial charge is 0.454 e. The lowest BCUT2D eigenvalue weighted by molar-refractivity contribution is 0.163. The monoisotopic (exact) mass is 234 g/mol. The number of anilines is 1. The number of fused-ring (bicyclic) bond motifs is 1.